The van der Waals surface area contributed by atoms with Crippen LogP contribution in [-0.2, 0) is 11.8 Å². The first kappa shape index (κ1) is 14.8. The van der Waals surface area contributed by atoms with Crippen LogP contribution in [0.25, 0.3) is 11.0 Å². The van der Waals surface area contributed by atoms with Gasteiger partial charge in [0.25, 0.3) is 0 Å². The Balaban J connectivity index is 2.48. The van der Waals surface area contributed by atoms with Crippen molar-refractivity contribution in [2.45, 2.75) is 36.6 Å². The van der Waals surface area contributed by atoms with Crippen molar-refractivity contribution in [2.24, 2.45) is 7.05 Å². The van der Waals surface area contributed by atoms with Gasteiger partial charge in [0.1, 0.15) is 10.6 Å². The van der Waals surface area contributed by atoms with E-state index in [2.05, 4.69) is 4.98 Å². The number of carboxylic acids is 1. The second-order valence-electron chi connectivity index (χ2n) is 4.70. The lowest BCUT2D eigenvalue weighted by atomic mass is 10.0. The molecule has 0 radical (unpaired) electrons. The van der Waals surface area contributed by atoms with E-state index in [1.54, 1.807) is 6.07 Å². The summed E-state index contributed by atoms with van der Waals surface area (Å²) >= 11 is 1.23. The van der Waals surface area contributed by atoms with Gasteiger partial charge in [-0.05, 0) is 25.0 Å². The number of carbonyl (C=O) groups is 1. The zero-order valence-electron chi connectivity index (χ0n) is 11.7. The van der Waals surface area contributed by atoms with Gasteiger partial charge in [-0.1, -0.05) is 25.6 Å². The van der Waals surface area contributed by atoms with Gasteiger partial charge in [-0.25, -0.2) is 9.37 Å². The number of imidazole rings is 1. The fourth-order valence-electron chi connectivity index (χ4n) is 2.16. The number of nitrogens with zero attached hydrogens (tertiary/aromatic N) is 2. The summed E-state index contributed by atoms with van der Waals surface area (Å²) in [7, 11) is 1.81. The molecule has 0 saturated heterocycles. The van der Waals surface area contributed by atoms with Gasteiger partial charge in [0.05, 0.1) is 11.0 Å². The monoisotopic (exact) mass is 296 g/mol. The van der Waals surface area contributed by atoms with Gasteiger partial charge in [0.2, 0.25) is 0 Å². The number of benzene rings is 1. The molecule has 0 aliphatic rings. The minimum Gasteiger partial charge on any atom is -0.480 e. The Kier molecular flexibility index (Phi) is 4.04. The Bertz CT molecular complexity index is 650. The fraction of sp³-hybridized carbons (Fsp3) is 0.429. The van der Waals surface area contributed by atoms with Crippen LogP contribution in [0.5, 0.6) is 0 Å². The minimum atomic E-state index is -0.895. The predicted octanol–water partition coefficient (Wildman–Crippen LogP) is 3.45. The molecule has 20 heavy (non-hydrogen) atoms. The number of thioether (sulfide) groups is 1. The summed E-state index contributed by atoms with van der Waals surface area (Å²) in [4.78, 5) is 15.9. The average Bonchev–Trinajstić information content (AvgIpc) is 2.71. The smallest absolute Gasteiger partial charge is 0.320 e. The lowest BCUT2D eigenvalue weighted by molar-refractivity contribution is -0.140. The van der Waals surface area contributed by atoms with Crippen molar-refractivity contribution in [3.05, 3.63) is 24.0 Å². The van der Waals surface area contributed by atoms with Crippen LogP contribution in [0, 0.1) is 5.82 Å². The molecule has 6 heteroatoms. The Hall–Kier alpha value is -1.56. The summed E-state index contributed by atoms with van der Waals surface area (Å²) in [6.07, 6.45) is 1.00. The molecule has 0 aliphatic heterocycles. The first-order valence-corrected chi connectivity index (χ1v) is 7.29. The van der Waals surface area contributed by atoms with Crippen LogP contribution in [0.1, 0.15) is 26.7 Å². The van der Waals surface area contributed by atoms with E-state index < -0.39 is 10.7 Å². The Morgan fingerprint density at radius 2 is 2.10 bits per heavy atom. The fourth-order valence-corrected chi connectivity index (χ4v) is 3.26. The third-order valence-electron chi connectivity index (χ3n) is 3.62. The number of hydrogen-bond acceptors (Lipinski definition) is 3. The maximum Gasteiger partial charge on any atom is 0.320 e. The van der Waals surface area contributed by atoms with Crippen LogP contribution in [0.3, 0.4) is 0 Å². The van der Waals surface area contributed by atoms with Crippen LogP contribution < -0.4 is 0 Å². The summed E-state index contributed by atoms with van der Waals surface area (Å²) in [5, 5.41) is 10.1. The molecule has 2 rings (SSSR count). The van der Waals surface area contributed by atoms with E-state index in [0.717, 1.165) is 5.52 Å². The summed E-state index contributed by atoms with van der Waals surface area (Å²) in [6.45, 7) is 3.71. The largest absolute Gasteiger partial charge is 0.480 e. The van der Waals surface area contributed by atoms with Crippen LogP contribution in [0.15, 0.2) is 23.4 Å². The van der Waals surface area contributed by atoms with Crippen molar-refractivity contribution in [1.29, 1.82) is 0 Å². The first-order valence-electron chi connectivity index (χ1n) is 6.48. The third-order valence-corrected chi connectivity index (χ3v) is 5.31. The minimum absolute atomic E-state index is 0.345. The summed E-state index contributed by atoms with van der Waals surface area (Å²) < 4.78 is 14.1. The number of aryl methyl sites for hydroxylation is 1. The molecule has 2 aromatic rings. The molecule has 1 aromatic heterocycles. The highest BCUT2D eigenvalue weighted by molar-refractivity contribution is 8.01. The quantitative estimate of drug-likeness (QED) is 0.859. The Labute approximate surface area is 121 Å². The van der Waals surface area contributed by atoms with Crippen molar-refractivity contribution in [1.82, 2.24) is 9.55 Å². The Morgan fingerprint density at radius 1 is 1.45 bits per heavy atom. The van der Waals surface area contributed by atoms with E-state index >= 15 is 0 Å². The molecule has 0 amide bonds. The highest BCUT2D eigenvalue weighted by Crippen LogP contribution is 2.39. The highest BCUT2D eigenvalue weighted by atomic mass is 32.2. The molecule has 0 unspecified atom stereocenters. The van der Waals surface area contributed by atoms with E-state index in [1.807, 2.05) is 25.5 Å². The molecule has 0 atom stereocenters. The molecule has 1 N–H and O–H groups in total. The molecule has 1 heterocycles. The molecule has 0 bridgehead atoms. The van der Waals surface area contributed by atoms with Gasteiger partial charge in [-0.15, -0.1) is 0 Å². The summed E-state index contributed by atoms with van der Waals surface area (Å²) in [5.74, 6) is -1.19. The van der Waals surface area contributed by atoms with Crippen LogP contribution >= 0.6 is 11.8 Å². The van der Waals surface area contributed by atoms with Crippen molar-refractivity contribution in [2.75, 3.05) is 0 Å². The van der Waals surface area contributed by atoms with Gasteiger partial charge in [-0.3, -0.25) is 4.79 Å². The van der Waals surface area contributed by atoms with Gasteiger partial charge < -0.3 is 9.67 Å². The number of rotatable bonds is 5. The van der Waals surface area contributed by atoms with Crippen molar-refractivity contribution >= 4 is 28.8 Å². The topological polar surface area (TPSA) is 55.1 Å². The molecular formula is C14H17FN2O2S. The second-order valence-corrected chi connectivity index (χ2v) is 6.05. The third kappa shape index (κ3) is 2.40. The number of carboxylic acid groups (broad SMARTS) is 1. The SMILES string of the molecule is CCC(CC)(Sc1nc2cc(F)ccc2n1C)C(=O)O. The molecular weight excluding hydrogens is 279 g/mol. The van der Waals surface area contributed by atoms with Crippen molar-refractivity contribution in [3.63, 3.8) is 0 Å². The maximum absolute atomic E-state index is 13.2. The lowest BCUT2D eigenvalue weighted by Gasteiger charge is -2.25. The number of halogens is 1. The predicted molar refractivity (Wildman–Crippen MR) is 77.5 cm³/mol. The van der Waals surface area contributed by atoms with E-state index in [1.165, 1.54) is 23.9 Å². The van der Waals surface area contributed by atoms with Gasteiger partial charge >= 0.3 is 5.97 Å². The first-order chi connectivity index (χ1) is 9.43. The highest BCUT2D eigenvalue weighted by Gasteiger charge is 2.37. The normalized spacial score (nSPS) is 12.0. The van der Waals surface area contributed by atoms with Crippen LogP contribution in [-0.4, -0.2) is 25.4 Å². The average molecular weight is 296 g/mol. The van der Waals surface area contributed by atoms with Crippen molar-refractivity contribution in [3.8, 4) is 0 Å². The Morgan fingerprint density at radius 3 is 2.65 bits per heavy atom. The van der Waals surface area contributed by atoms with E-state index in [0.29, 0.717) is 23.5 Å². The lowest BCUT2D eigenvalue weighted by Crippen LogP contribution is -2.33. The number of hydrogen-bond donors (Lipinski definition) is 1. The van der Waals surface area contributed by atoms with Crippen LogP contribution in [0.4, 0.5) is 4.39 Å². The molecule has 108 valence electrons. The van der Waals surface area contributed by atoms with Crippen LogP contribution in [0.2, 0.25) is 0 Å². The van der Waals surface area contributed by atoms with E-state index in [-0.39, 0.29) is 5.82 Å². The zero-order valence-corrected chi connectivity index (χ0v) is 12.5. The standard InChI is InChI=1S/C14H17FN2O2S/c1-4-14(5-2,12(18)19)20-13-16-10-8-9(15)6-7-11(10)17(13)3/h6-8H,4-5H2,1-3H3,(H,18,19). The van der Waals surface area contributed by atoms with Gasteiger partial charge in [0.15, 0.2) is 5.16 Å². The summed E-state index contributed by atoms with van der Waals surface area (Å²) in [5.41, 5.74) is 1.34. The number of fused-ring (bicyclic) bond motifs is 1. The maximum atomic E-state index is 13.2. The zero-order chi connectivity index (χ0) is 14.9. The molecule has 0 fully saturated rings. The molecule has 0 spiro atoms. The number of aliphatic carboxylic acids is 1. The second kappa shape index (κ2) is 5.44. The van der Waals surface area contributed by atoms with Crippen molar-refractivity contribution < 1.29 is 14.3 Å². The van der Waals surface area contributed by atoms with E-state index in [9.17, 15) is 14.3 Å². The van der Waals surface area contributed by atoms with E-state index in [4.69, 9.17) is 0 Å². The van der Waals surface area contributed by atoms with Gasteiger partial charge in [-0.2, -0.15) is 0 Å². The summed E-state index contributed by atoms with van der Waals surface area (Å²) in [6, 6.07) is 4.39. The molecule has 1 aromatic carbocycles. The molecule has 0 aliphatic carbocycles. The van der Waals surface area contributed by atoms with Gasteiger partial charge in [0, 0.05) is 13.1 Å². The molecule has 4 nitrogen and oxygen atoms in total. The number of aromatic nitrogens is 2. The molecule has 0 saturated carbocycles.